The molecule has 0 fully saturated rings. The van der Waals surface area contributed by atoms with Gasteiger partial charge in [-0.3, -0.25) is 0 Å². The van der Waals surface area contributed by atoms with Crippen molar-refractivity contribution in [2.45, 2.75) is 24.8 Å². The van der Waals surface area contributed by atoms with Crippen LogP contribution in [0, 0.1) is 0 Å². The highest BCUT2D eigenvalue weighted by molar-refractivity contribution is 9.10. The molecule has 3 nitrogen and oxygen atoms in total. The third kappa shape index (κ3) is 3.93. The van der Waals surface area contributed by atoms with E-state index in [1.165, 1.54) is 9.87 Å². The normalized spacial score (nSPS) is 11.8. The number of sulfonamides is 1. The van der Waals surface area contributed by atoms with E-state index in [0.717, 1.165) is 16.5 Å². The van der Waals surface area contributed by atoms with Gasteiger partial charge in [-0.05, 0) is 41.8 Å². The van der Waals surface area contributed by atoms with E-state index in [2.05, 4.69) is 22.9 Å². The van der Waals surface area contributed by atoms with Crippen LogP contribution in [0.4, 0.5) is 0 Å². The number of halogens is 1. The first-order valence-electron chi connectivity index (χ1n) is 6.73. The molecule has 0 bridgehead atoms. The monoisotopic (exact) mass is 367 g/mol. The molecule has 112 valence electrons. The van der Waals surface area contributed by atoms with Gasteiger partial charge >= 0.3 is 0 Å². The minimum Gasteiger partial charge on any atom is -0.207 e. The highest BCUT2D eigenvalue weighted by atomic mass is 79.9. The molecular weight excluding hydrogens is 350 g/mol. The zero-order chi connectivity index (χ0) is 15.5. The highest BCUT2D eigenvalue weighted by Crippen LogP contribution is 2.19. The molecule has 0 N–H and O–H groups in total. The summed E-state index contributed by atoms with van der Waals surface area (Å²) in [5, 5.41) is 0. The second-order valence-corrected chi connectivity index (χ2v) is 7.85. The molecule has 0 saturated heterocycles. The molecular formula is C16H18BrNO2S. The Kier molecular flexibility index (Phi) is 5.19. The number of hydrogen-bond acceptors (Lipinski definition) is 2. The maximum Gasteiger partial charge on any atom is 0.243 e. The second kappa shape index (κ2) is 6.73. The van der Waals surface area contributed by atoms with Crippen LogP contribution in [-0.2, 0) is 23.0 Å². The average molecular weight is 368 g/mol. The second-order valence-electron chi connectivity index (χ2n) is 4.89. The van der Waals surface area contributed by atoms with Crippen molar-refractivity contribution in [3.8, 4) is 0 Å². The Morgan fingerprint density at radius 3 is 2.00 bits per heavy atom. The standard InChI is InChI=1S/C16H18BrNO2S/c1-3-13-4-6-14(7-5-13)12-18(2)21(19,20)16-10-8-15(17)9-11-16/h4-11H,3,12H2,1-2H3. The molecule has 0 heterocycles. The molecule has 0 aliphatic carbocycles. The van der Waals surface area contributed by atoms with Gasteiger partial charge < -0.3 is 0 Å². The molecule has 0 aliphatic heterocycles. The van der Waals surface area contributed by atoms with Crippen LogP contribution < -0.4 is 0 Å². The fourth-order valence-electron chi connectivity index (χ4n) is 2.01. The van der Waals surface area contributed by atoms with Gasteiger partial charge in [0.25, 0.3) is 0 Å². The summed E-state index contributed by atoms with van der Waals surface area (Å²) in [6.45, 7) is 2.46. The Morgan fingerprint density at radius 1 is 0.952 bits per heavy atom. The molecule has 2 aromatic carbocycles. The lowest BCUT2D eigenvalue weighted by Crippen LogP contribution is -2.26. The van der Waals surface area contributed by atoms with Crippen molar-refractivity contribution in [3.05, 3.63) is 64.1 Å². The van der Waals surface area contributed by atoms with E-state index < -0.39 is 10.0 Å². The summed E-state index contributed by atoms with van der Waals surface area (Å²) in [4.78, 5) is 0.304. The van der Waals surface area contributed by atoms with Crippen molar-refractivity contribution < 1.29 is 8.42 Å². The van der Waals surface area contributed by atoms with Gasteiger partial charge in [-0.2, -0.15) is 4.31 Å². The molecule has 2 aromatic rings. The maximum atomic E-state index is 12.5. The molecule has 5 heteroatoms. The number of hydrogen-bond donors (Lipinski definition) is 0. The summed E-state index contributed by atoms with van der Waals surface area (Å²) in [6.07, 6.45) is 0.979. The van der Waals surface area contributed by atoms with Crippen LogP contribution in [-0.4, -0.2) is 19.8 Å². The molecule has 0 amide bonds. The molecule has 0 radical (unpaired) electrons. The zero-order valence-corrected chi connectivity index (χ0v) is 14.5. The van der Waals surface area contributed by atoms with E-state index in [1.54, 1.807) is 31.3 Å². The third-order valence-electron chi connectivity index (χ3n) is 3.36. The van der Waals surface area contributed by atoms with E-state index in [4.69, 9.17) is 0 Å². The lowest BCUT2D eigenvalue weighted by molar-refractivity contribution is 0.466. The molecule has 0 unspecified atom stereocenters. The van der Waals surface area contributed by atoms with E-state index in [0.29, 0.717) is 11.4 Å². The number of benzene rings is 2. The summed E-state index contributed by atoms with van der Waals surface area (Å²) >= 11 is 3.31. The van der Waals surface area contributed by atoms with E-state index >= 15 is 0 Å². The van der Waals surface area contributed by atoms with Crippen LogP contribution in [0.1, 0.15) is 18.1 Å². The molecule has 0 atom stereocenters. The molecule has 0 aliphatic rings. The predicted octanol–water partition coefficient (Wildman–Crippen LogP) is 3.83. The van der Waals surface area contributed by atoms with Crippen molar-refractivity contribution in [1.29, 1.82) is 0 Å². The van der Waals surface area contributed by atoms with Gasteiger partial charge in [-0.15, -0.1) is 0 Å². The largest absolute Gasteiger partial charge is 0.243 e. The Hall–Kier alpha value is -1.17. The third-order valence-corrected chi connectivity index (χ3v) is 5.70. The van der Waals surface area contributed by atoms with Crippen molar-refractivity contribution in [1.82, 2.24) is 4.31 Å². The smallest absolute Gasteiger partial charge is 0.207 e. The lowest BCUT2D eigenvalue weighted by atomic mass is 10.1. The topological polar surface area (TPSA) is 37.4 Å². The first-order chi connectivity index (χ1) is 9.93. The minimum atomic E-state index is -3.46. The predicted molar refractivity (Wildman–Crippen MR) is 88.6 cm³/mol. The molecule has 0 spiro atoms. The van der Waals surface area contributed by atoms with Crippen molar-refractivity contribution in [2.75, 3.05) is 7.05 Å². The first kappa shape index (κ1) is 16.2. The first-order valence-corrected chi connectivity index (χ1v) is 8.96. The van der Waals surface area contributed by atoms with E-state index in [-0.39, 0.29) is 0 Å². The SMILES string of the molecule is CCc1ccc(CN(C)S(=O)(=O)c2ccc(Br)cc2)cc1. The maximum absolute atomic E-state index is 12.5. The summed E-state index contributed by atoms with van der Waals surface area (Å²) in [7, 11) is -1.85. The van der Waals surface area contributed by atoms with Gasteiger partial charge in [-0.1, -0.05) is 47.1 Å². The highest BCUT2D eigenvalue weighted by Gasteiger charge is 2.20. The summed E-state index contributed by atoms with van der Waals surface area (Å²) in [6, 6.07) is 14.7. The van der Waals surface area contributed by atoms with Gasteiger partial charge in [0.15, 0.2) is 0 Å². The molecule has 0 aromatic heterocycles. The van der Waals surface area contributed by atoms with Crippen LogP contribution in [0.3, 0.4) is 0 Å². The van der Waals surface area contributed by atoms with Crippen LogP contribution in [0.5, 0.6) is 0 Å². The Labute approximate surface area is 134 Å². The molecule has 2 rings (SSSR count). The average Bonchev–Trinajstić information content (AvgIpc) is 2.48. The van der Waals surface area contributed by atoms with Crippen molar-refractivity contribution >= 4 is 26.0 Å². The van der Waals surface area contributed by atoms with Gasteiger partial charge in [0, 0.05) is 18.1 Å². The zero-order valence-electron chi connectivity index (χ0n) is 12.1. The Bertz CT molecular complexity index is 694. The Balaban J connectivity index is 2.17. The Morgan fingerprint density at radius 2 is 1.48 bits per heavy atom. The number of aryl methyl sites for hydroxylation is 1. The molecule has 21 heavy (non-hydrogen) atoms. The number of rotatable bonds is 5. The lowest BCUT2D eigenvalue weighted by Gasteiger charge is -2.17. The summed E-state index contributed by atoms with van der Waals surface area (Å²) in [5.41, 5.74) is 2.23. The number of nitrogens with zero attached hydrogens (tertiary/aromatic N) is 1. The molecule has 0 saturated carbocycles. The van der Waals surface area contributed by atoms with Crippen LogP contribution in [0.15, 0.2) is 57.9 Å². The van der Waals surface area contributed by atoms with Crippen LogP contribution in [0.2, 0.25) is 0 Å². The summed E-state index contributed by atoms with van der Waals surface area (Å²) in [5.74, 6) is 0. The van der Waals surface area contributed by atoms with Crippen LogP contribution >= 0.6 is 15.9 Å². The van der Waals surface area contributed by atoms with E-state index in [9.17, 15) is 8.42 Å². The van der Waals surface area contributed by atoms with Gasteiger partial charge in [0.1, 0.15) is 0 Å². The van der Waals surface area contributed by atoms with Gasteiger partial charge in [0.2, 0.25) is 10.0 Å². The van der Waals surface area contributed by atoms with Gasteiger partial charge in [0.05, 0.1) is 4.90 Å². The van der Waals surface area contributed by atoms with Gasteiger partial charge in [-0.25, -0.2) is 8.42 Å². The summed E-state index contributed by atoms with van der Waals surface area (Å²) < 4.78 is 27.2. The van der Waals surface area contributed by atoms with Crippen molar-refractivity contribution in [2.24, 2.45) is 0 Å². The fourth-order valence-corrected chi connectivity index (χ4v) is 3.43. The van der Waals surface area contributed by atoms with Crippen molar-refractivity contribution in [3.63, 3.8) is 0 Å². The quantitative estimate of drug-likeness (QED) is 0.804. The van der Waals surface area contributed by atoms with E-state index in [1.807, 2.05) is 24.3 Å². The minimum absolute atomic E-state index is 0.304. The van der Waals surface area contributed by atoms with Crippen LogP contribution in [0.25, 0.3) is 0 Å². The fraction of sp³-hybridized carbons (Fsp3) is 0.250.